The van der Waals surface area contributed by atoms with Crippen molar-refractivity contribution in [1.82, 2.24) is 10.6 Å². The Morgan fingerprint density at radius 3 is 2.44 bits per heavy atom. The van der Waals surface area contributed by atoms with Crippen LogP contribution < -0.4 is 16.1 Å². The van der Waals surface area contributed by atoms with Gasteiger partial charge in [0.25, 0.3) is 5.91 Å². The van der Waals surface area contributed by atoms with Crippen LogP contribution in [0.15, 0.2) is 18.2 Å². The Kier molecular flexibility index (Phi) is 6.12. The summed E-state index contributed by atoms with van der Waals surface area (Å²) in [7, 11) is -0.483. The molecule has 2 heterocycles. The molecule has 2 fully saturated rings. The number of hydrogen-bond acceptors (Lipinski definition) is 4. The molecule has 0 bridgehead atoms. The molecule has 0 spiro atoms. The molecule has 0 radical (unpaired) electrons. The van der Waals surface area contributed by atoms with E-state index in [2.05, 4.69) is 10.6 Å². The first-order chi connectivity index (χ1) is 11.2. The zero-order chi connectivity index (χ0) is 17.5. The third-order valence-electron chi connectivity index (χ3n) is 5.16. The average molecular weight is 387 g/mol. The van der Waals surface area contributed by atoms with Crippen LogP contribution in [0.25, 0.3) is 0 Å². The number of rotatable bonds is 3. The van der Waals surface area contributed by atoms with E-state index >= 15 is 0 Å². The molecule has 0 aliphatic carbocycles. The summed E-state index contributed by atoms with van der Waals surface area (Å²) in [5.74, 6) is -0.144. The van der Waals surface area contributed by atoms with Crippen molar-refractivity contribution in [3.05, 3.63) is 28.8 Å². The van der Waals surface area contributed by atoms with Crippen molar-refractivity contribution in [2.45, 2.75) is 51.4 Å². The maximum atomic E-state index is 12.4. The van der Waals surface area contributed by atoms with E-state index in [0.717, 1.165) is 25.0 Å². The predicted octanol–water partition coefficient (Wildman–Crippen LogP) is 2.15. The molecule has 1 aromatic carbocycles. The van der Waals surface area contributed by atoms with Gasteiger partial charge in [0.15, 0.2) is 0 Å². The van der Waals surface area contributed by atoms with E-state index in [-0.39, 0.29) is 24.4 Å². The molecule has 1 amide bonds. The Balaban J connectivity index is 0.00000225. The minimum atomic E-state index is -0.483. The van der Waals surface area contributed by atoms with Gasteiger partial charge in [-0.1, -0.05) is 17.7 Å². The summed E-state index contributed by atoms with van der Waals surface area (Å²) in [4.78, 5) is 12.4. The Bertz CT molecular complexity index is 633. The Hall–Kier alpha value is -0.785. The molecule has 1 unspecified atom stereocenters. The normalized spacial score (nSPS) is 24.0. The Morgan fingerprint density at radius 1 is 1.28 bits per heavy atom. The van der Waals surface area contributed by atoms with E-state index in [1.165, 1.54) is 0 Å². The number of benzene rings is 1. The van der Waals surface area contributed by atoms with Crippen molar-refractivity contribution >= 4 is 42.5 Å². The van der Waals surface area contributed by atoms with Crippen LogP contribution >= 0.6 is 24.0 Å². The summed E-state index contributed by atoms with van der Waals surface area (Å²) in [6, 6.07) is 5.50. The van der Waals surface area contributed by atoms with Gasteiger partial charge in [-0.25, -0.2) is 0 Å². The lowest BCUT2D eigenvalue weighted by molar-refractivity contribution is 0.00578. The van der Waals surface area contributed by atoms with Gasteiger partial charge in [0.2, 0.25) is 0 Å². The van der Waals surface area contributed by atoms with E-state index in [0.29, 0.717) is 10.6 Å². The SMILES string of the molecule is CC1(C)OB(c2ccc(C(=O)NC3CCNC3)c(Cl)c2)OC1(C)C.Cl. The summed E-state index contributed by atoms with van der Waals surface area (Å²) in [5.41, 5.74) is 0.479. The minimum absolute atomic E-state index is 0. The standard InChI is InChI=1S/C17H24BClN2O3.ClH/c1-16(2)17(3,4)24-18(23-16)11-5-6-13(14(19)9-11)15(22)21-12-7-8-20-10-12;/h5-6,9,12,20H,7-8,10H2,1-4H3,(H,21,22);1H. The number of carbonyl (C=O) groups excluding carboxylic acids is 1. The van der Waals surface area contributed by atoms with Crippen molar-refractivity contribution in [3.63, 3.8) is 0 Å². The fourth-order valence-corrected chi connectivity index (χ4v) is 3.16. The molecule has 1 aromatic rings. The highest BCUT2D eigenvalue weighted by atomic mass is 35.5. The van der Waals surface area contributed by atoms with Gasteiger partial charge in [-0.15, -0.1) is 12.4 Å². The first kappa shape index (κ1) is 20.5. The molecule has 138 valence electrons. The van der Waals surface area contributed by atoms with Gasteiger partial charge in [0.05, 0.1) is 21.8 Å². The van der Waals surface area contributed by atoms with E-state index < -0.39 is 18.3 Å². The first-order valence-electron chi connectivity index (χ1n) is 8.36. The van der Waals surface area contributed by atoms with Crippen LogP contribution in [0.1, 0.15) is 44.5 Å². The van der Waals surface area contributed by atoms with Crippen LogP contribution in [0, 0.1) is 0 Å². The second-order valence-electron chi connectivity index (χ2n) is 7.49. The molecule has 3 rings (SSSR count). The van der Waals surface area contributed by atoms with Crippen LogP contribution in [0.2, 0.25) is 5.02 Å². The van der Waals surface area contributed by atoms with Crippen LogP contribution in [0.4, 0.5) is 0 Å². The number of hydrogen-bond donors (Lipinski definition) is 2. The predicted molar refractivity (Wildman–Crippen MR) is 103 cm³/mol. The number of amides is 1. The highest BCUT2D eigenvalue weighted by molar-refractivity contribution is 6.62. The van der Waals surface area contributed by atoms with E-state index in [4.69, 9.17) is 20.9 Å². The van der Waals surface area contributed by atoms with Crippen molar-refractivity contribution in [3.8, 4) is 0 Å². The average Bonchev–Trinajstić information content (AvgIpc) is 3.05. The molecule has 1 atom stereocenters. The topological polar surface area (TPSA) is 59.6 Å². The summed E-state index contributed by atoms with van der Waals surface area (Å²) in [6.07, 6.45) is 0.940. The largest absolute Gasteiger partial charge is 0.494 e. The molecule has 8 heteroatoms. The monoisotopic (exact) mass is 386 g/mol. The summed E-state index contributed by atoms with van der Waals surface area (Å²) < 4.78 is 12.0. The van der Waals surface area contributed by atoms with E-state index in [1.54, 1.807) is 12.1 Å². The maximum absolute atomic E-state index is 12.4. The Labute approximate surface area is 160 Å². The van der Waals surface area contributed by atoms with Gasteiger partial charge in [0, 0.05) is 12.6 Å². The third-order valence-corrected chi connectivity index (χ3v) is 5.47. The van der Waals surface area contributed by atoms with Gasteiger partial charge in [-0.3, -0.25) is 4.79 Å². The lowest BCUT2D eigenvalue weighted by Gasteiger charge is -2.32. The van der Waals surface area contributed by atoms with Gasteiger partial charge in [-0.2, -0.15) is 0 Å². The molecule has 2 aliphatic heterocycles. The number of halogens is 2. The van der Waals surface area contributed by atoms with Crippen LogP contribution in [0.5, 0.6) is 0 Å². The second-order valence-corrected chi connectivity index (χ2v) is 7.90. The summed E-state index contributed by atoms with van der Waals surface area (Å²) >= 11 is 6.34. The van der Waals surface area contributed by atoms with Gasteiger partial charge < -0.3 is 19.9 Å². The molecule has 0 saturated carbocycles. The quantitative estimate of drug-likeness (QED) is 0.781. The minimum Gasteiger partial charge on any atom is -0.399 e. The molecular formula is C17H25BCl2N2O3. The maximum Gasteiger partial charge on any atom is 0.494 e. The van der Waals surface area contributed by atoms with Crippen LogP contribution in [0.3, 0.4) is 0 Å². The molecule has 2 saturated heterocycles. The molecular weight excluding hydrogens is 362 g/mol. The smallest absolute Gasteiger partial charge is 0.399 e. The third kappa shape index (κ3) is 4.14. The highest BCUT2D eigenvalue weighted by Gasteiger charge is 2.51. The number of nitrogens with one attached hydrogen (secondary N) is 2. The lowest BCUT2D eigenvalue weighted by Crippen LogP contribution is -2.41. The summed E-state index contributed by atoms with van der Waals surface area (Å²) in [6.45, 7) is 9.76. The van der Waals surface area contributed by atoms with Gasteiger partial charge >= 0.3 is 7.12 Å². The van der Waals surface area contributed by atoms with Crippen molar-refractivity contribution in [2.75, 3.05) is 13.1 Å². The fourth-order valence-electron chi connectivity index (χ4n) is 2.88. The zero-order valence-corrected chi connectivity index (χ0v) is 16.6. The van der Waals surface area contributed by atoms with Crippen LogP contribution in [-0.4, -0.2) is 43.4 Å². The molecule has 2 aliphatic rings. The molecule has 0 aromatic heterocycles. The number of carbonyl (C=O) groups is 1. The fraction of sp³-hybridized carbons (Fsp3) is 0.588. The van der Waals surface area contributed by atoms with Crippen LogP contribution in [-0.2, 0) is 9.31 Å². The molecule has 25 heavy (non-hydrogen) atoms. The van der Waals surface area contributed by atoms with E-state index in [9.17, 15) is 4.79 Å². The highest BCUT2D eigenvalue weighted by Crippen LogP contribution is 2.36. The van der Waals surface area contributed by atoms with Gasteiger partial charge in [0.1, 0.15) is 0 Å². The Morgan fingerprint density at radius 2 is 1.92 bits per heavy atom. The first-order valence-corrected chi connectivity index (χ1v) is 8.74. The van der Waals surface area contributed by atoms with Gasteiger partial charge in [-0.05, 0) is 58.3 Å². The van der Waals surface area contributed by atoms with Crippen molar-refractivity contribution in [1.29, 1.82) is 0 Å². The molecule has 2 N–H and O–H groups in total. The second kappa shape index (κ2) is 7.45. The van der Waals surface area contributed by atoms with Crippen molar-refractivity contribution < 1.29 is 14.1 Å². The summed E-state index contributed by atoms with van der Waals surface area (Å²) in [5, 5.41) is 6.64. The zero-order valence-electron chi connectivity index (χ0n) is 15.0. The van der Waals surface area contributed by atoms with Crippen molar-refractivity contribution in [2.24, 2.45) is 0 Å². The van der Waals surface area contributed by atoms with E-state index in [1.807, 2.05) is 33.8 Å². The molecule has 5 nitrogen and oxygen atoms in total. The lowest BCUT2D eigenvalue weighted by atomic mass is 9.79.